The molecule has 0 radical (unpaired) electrons. The van der Waals surface area contributed by atoms with Crippen molar-refractivity contribution < 1.29 is 14.3 Å². The lowest BCUT2D eigenvalue weighted by Crippen LogP contribution is -2.40. The third-order valence-electron chi connectivity index (χ3n) is 5.31. The Labute approximate surface area is 194 Å². The number of piperidine rings is 1. The summed E-state index contributed by atoms with van der Waals surface area (Å²) in [6.45, 7) is 9.85. The van der Waals surface area contributed by atoms with Gasteiger partial charge in [-0.2, -0.15) is 0 Å². The molecule has 1 saturated heterocycles. The van der Waals surface area contributed by atoms with Crippen LogP contribution in [0.5, 0.6) is 5.75 Å². The van der Waals surface area contributed by atoms with Crippen molar-refractivity contribution in [3.63, 3.8) is 0 Å². The van der Waals surface area contributed by atoms with Crippen LogP contribution in [0.1, 0.15) is 44.7 Å². The number of ether oxygens (including phenoxy) is 2. The molecule has 2 aromatic rings. The van der Waals surface area contributed by atoms with Gasteiger partial charge in [-0.25, -0.2) is 4.79 Å². The second-order valence-electron chi connectivity index (χ2n) is 9.13. The molecule has 0 aliphatic carbocycles. The van der Waals surface area contributed by atoms with E-state index in [1.165, 1.54) is 5.56 Å². The lowest BCUT2D eigenvalue weighted by molar-refractivity contribution is 0.0509. The zero-order valence-corrected chi connectivity index (χ0v) is 20.3. The first kappa shape index (κ1) is 23.6. The third kappa shape index (κ3) is 8.19. The number of hydrogen-bond donors (Lipinski definition) is 1. The standard InChI is InChI=1S/C25H33BrN2O3/c1-25(2,3)31-24(29)27-16-19-11-13-28(14-12-19)17-21-9-10-22(15-23(21)26)30-18-20-7-5-4-6-8-20/h4-10,15,19H,11-14,16-18H2,1-3H3,(H,27,29). The molecule has 1 heterocycles. The van der Waals surface area contributed by atoms with E-state index >= 15 is 0 Å². The third-order valence-corrected chi connectivity index (χ3v) is 6.05. The van der Waals surface area contributed by atoms with Crippen LogP contribution >= 0.6 is 15.9 Å². The van der Waals surface area contributed by atoms with Gasteiger partial charge in [0.15, 0.2) is 0 Å². The predicted octanol–water partition coefficient (Wildman–Crippen LogP) is 5.76. The normalized spacial score (nSPS) is 15.5. The maximum atomic E-state index is 11.8. The molecule has 168 valence electrons. The van der Waals surface area contributed by atoms with Crippen LogP contribution in [0.3, 0.4) is 0 Å². The van der Waals surface area contributed by atoms with Gasteiger partial charge in [-0.1, -0.05) is 52.3 Å². The summed E-state index contributed by atoms with van der Waals surface area (Å²) in [5.41, 5.74) is 1.97. The number of halogens is 1. The Hall–Kier alpha value is -2.05. The zero-order chi connectivity index (χ0) is 22.3. The van der Waals surface area contributed by atoms with Crippen molar-refractivity contribution in [3.8, 4) is 5.75 Å². The highest BCUT2D eigenvalue weighted by atomic mass is 79.9. The highest BCUT2D eigenvalue weighted by Gasteiger charge is 2.22. The fourth-order valence-electron chi connectivity index (χ4n) is 3.62. The summed E-state index contributed by atoms with van der Waals surface area (Å²) in [5, 5.41) is 2.91. The van der Waals surface area contributed by atoms with Gasteiger partial charge in [0, 0.05) is 17.6 Å². The SMILES string of the molecule is CC(C)(C)OC(=O)NCC1CCN(Cc2ccc(OCc3ccccc3)cc2Br)CC1. The second-order valence-corrected chi connectivity index (χ2v) is 9.98. The van der Waals surface area contributed by atoms with E-state index < -0.39 is 5.60 Å². The van der Waals surface area contributed by atoms with Crippen molar-refractivity contribution in [2.45, 2.75) is 52.4 Å². The fraction of sp³-hybridized carbons (Fsp3) is 0.480. The summed E-state index contributed by atoms with van der Waals surface area (Å²) in [6, 6.07) is 16.4. The molecule has 0 saturated carbocycles. The highest BCUT2D eigenvalue weighted by Crippen LogP contribution is 2.26. The average Bonchev–Trinajstić information content (AvgIpc) is 2.73. The minimum absolute atomic E-state index is 0.326. The second kappa shape index (κ2) is 11.0. The first-order valence-corrected chi connectivity index (χ1v) is 11.7. The molecule has 0 atom stereocenters. The Morgan fingerprint density at radius 3 is 2.48 bits per heavy atom. The van der Waals surface area contributed by atoms with E-state index in [1.54, 1.807) is 0 Å². The zero-order valence-electron chi connectivity index (χ0n) is 18.7. The number of carbonyl (C=O) groups excluding carboxylic acids is 1. The topological polar surface area (TPSA) is 50.8 Å². The molecular formula is C25H33BrN2O3. The summed E-state index contributed by atoms with van der Waals surface area (Å²) in [7, 11) is 0. The summed E-state index contributed by atoms with van der Waals surface area (Å²) < 4.78 is 12.3. The molecule has 1 aliphatic rings. The maximum Gasteiger partial charge on any atom is 0.407 e. The number of alkyl carbamates (subject to hydrolysis) is 1. The molecule has 0 bridgehead atoms. The van der Waals surface area contributed by atoms with Crippen LogP contribution < -0.4 is 10.1 Å². The molecule has 6 heteroatoms. The molecule has 1 fully saturated rings. The maximum absolute atomic E-state index is 11.8. The van der Waals surface area contributed by atoms with E-state index in [1.807, 2.05) is 45.0 Å². The number of benzene rings is 2. The molecule has 1 N–H and O–H groups in total. The van der Waals surface area contributed by atoms with Crippen LogP contribution in [0.2, 0.25) is 0 Å². The van der Waals surface area contributed by atoms with Gasteiger partial charge < -0.3 is 14.8 Å². The van der Waals surface area contributed by atoms with Gasteiger partial charge in [0.05, 0.1) is 0 Å². The molecule has 0 aromatic heterocycles. The van der Waals surface area contributed by atoms with Gasteiger partial charge in [0.25, 0.3) is 0 Å². The van der Waals surface area contributed by atoms with Gasteiger partial charge in [0.1, 0.15) is 18.0 Å². The molecule has 1 amide bonds. The van der Waals surface area contributed by atoms with E-state index in [0.717, 1.165) is 48.3 Å². The smallest absolute Gasteiger partial charge is 0.407 e. The van der Waals surface area contributed by atoms with Crippen LogP contribution in [0.15, 0.2) is 53.0 Å². The Kier molecular flexibility index (Phi) is 8.38. The molecular weight excluding hydrogens is 456 g/mol. The minimum atomic E-state index is -0.455. The lowest BCUT2D eigenvalue weighted by atomic mass is 9.96. The summed E-state index contributed by atoms with van der Waals surface area (Å²) in [5.74, 6) is 1.37. The van der Waals surface area contributed by atoms with Gasteiger partial charge in [-0.3, -0.25) is 4.90 Å². The quantitative estimate of drug-likeness (QED) is 0.537. The number of nitrogens with one attached hydrogen (secondary N) is 1. The number of likely N-dealkylation sites (tertiary alicyclic amines) is 1. The number of carbonyl (C=O) groups is 1. The molecule has 0 unspecified atom stereocenters. The Morgan fingerprint density at radius 2 is 1.84 bits per heavy atom. The number of amides is 1. The largest absolute Gasteiger partial charge is 0.489 e. The predicted molar refractivity (Wildman–Crippen MR) is 127 cm³/mol. The summed E-state index contributed by atoms with van der Waals surface area (Å²) in [6.07, 6.45) is 1.82. The van der Waals surface area contributed by atoms with Crippen molar-refractivity contribution in [3.05, 3.63) is 64.1 Å². The Morgan fingerprint density at radius 1 is 1.13 bits per heavy atom. The summed E-state index contributed by atoms with van der Waals surface area (Å²) in [4.78, 5) is 14.3. The average molecular weight is 489 g/mol. The number of hydrogen-bond acceptors (Lipinski definition) is 4. The Balaban J connectivity index is 1.41. The molecule has 0 spiro atoms. The van der Waals surface area contributed by atoms with Gasteiger partial charge in [0.2, 0.25) is 0 Å². The van der Waals surface area contributed by atoms with Crippen molar-refractivity contribution in [1.29, 1.82) is 0 Å². The summed E-state index contributed by atoms with van der Waals surface area (Å²) >= 11 is 3.71. The van der Waals surface area contributed by atoms with Gasteiger partial charge in [-0.05, 0) is 75.9 Å². The van der Waals surface area contributed by atoms with Crippen LogP contribution in [0.25, 0.3) is 0 Å². The van der Waals surface area contributed by atoms with Gasteiger partial charge in [-0.15, -0.1) is 0 Å². The molecule has 31 heavy (non-hydrogen) atoms. The molecule has 3 rings (SSSR count). The van der Waals surface area contributed by atoms with Crippen LogP contribution in [-0.4, -0.2) is 36.2 Å². The number of nitrogens with zero attached hydrogens (tertiary/aromatic N) is 1. The van der Waals surface area contributed by atoms with Crippen LogP contribution in [0, 0.1) is 5.92 Å². The van der Waals surface area contributed by atoms with E-state index in [4.69, 9.17) is 9.47 Å². The minimum Gasteiger partial charge on any atom is -0.489 e. The van der Waals surface area contributed by atoms with E-state index in [-0.39, 0.29) is 6.09 Å². The van der Waals surface area contributed by atoms with Gasteiger partial charge >= 0.3 is 6.09 Å². The van der Waals surface area contributed by atoms with Crippen molar-refractivity contribution in [1.82, 2.24) is 10.2 Å². The Bertz CT molecular complexity index is 844. The van der Waals surface area contributed by atoms with E-state index in [9.17, 15) is 4.79 Å². The van der Waals surface area contributed by atoms with Crippen LogP contribution in [0.4, 0.5) is 4.79 Å². The van der Waals surface area contributed by atoms with Crippen LogP contribution in [-0.2, 0) is 17.9 Å². The fourth-order valence-corrected chi connectivity index (χ4v) is 4.10. The molecule has 5 nitrogen and oxygen atoms in total. The lowest BCUT2D eigenvalue weighted by Gasteiger charge is -2.32. The van der Waals surface area contributed by atoms with E-state index in [2.05, 4.69) is 50.4 Å². The molecule has 1 aliphatic heterocycles. The first-order chi connectivity index (χ1) is 14.8. The highest BCUT2D eigenvalue weighted by molar-refractivity contribution is 9.10. The number of rotatable bonds is 7. The van der Waals surface area contributed by atoms with Crippen molar-refractivity contribution >= 4 is 22.0 Å². The monoisotopic (exact) mass is 488 g/mol. The first-order valence-electron chi connectivity index (χ1n) is 10.9. The van der Waals surface area contributed by atoms with Crippen molar-refractivity contribution in [2.75, 3.05) is 19.6 Å². The molecule has 2 aromatic carbocycles. The van der Waals surface area contributed by atoms with Crippen molar-refractivity contribution in [2.24, 2.45) is 5.92 Å². The van der Waals surface area contributed by atoms with E-state index in [0.29, 0.717) is 19.1 Å².